The Morgan fingerprint density at radius 2 is 1.76 bits per heavy atom. The maximum Gasteiger partial charge on any atom is 0.410 e. The van der Waals surface area contributed by atoms with Crippen LogP contribution in [0, 0.1) is 0 Å². The number of piperazine rings is 1. The maximum atomic E-state index is 13.2. The second kappa shape index (κ2) is 10.9. The van der Waals surface area contributed by atoms with E-state index in [1.807, 2.05) is 44.0 Å². The van der Waals surface area contributed by atoms with Crippen molar-refractivity contribution in [3.05, 3.63) is 36.7 Å². The summed E-state index contributed by atoms with van der Waals surface area (Å²) >= 11 is 0. The summed E-state index contributed by atoms with van der Waals surface area (Å²) in [4.78, 5) is 43.2. The Kier molecular flexibility index (Phi) is 8.18. The number of hydrogen-bond acceptors (Lipinski definition) is 5. The van der Waals surface area contributed by atoms with Gasteiger partial charge in [0.2, 0.25) is 5.91 Å². The molecule has 3 amide bonds. The van der Waals surface area contributed by atoms with E-state index in [0.29, 0.717) is 58.1 Å². The molecular formula is C24H37N5O4. The molecule has 0 radical (unpaired) electrons. The van der Waals surface area contributed by atoms with Crippen LogP contribution >= 0.6 is 0 Å². The molecule has 0 unspecified atom stereocenters. The molecule has 9 heteroatoms. The van der Waals surface area contributed by atoms with Gasteiger partial charge in [-0.15, -0.1) is 6.58 Å². The van der Waals surface area contributed by atoms with Crippen LogP contribution in [0.25, 0.3) is 0 Å². The van der Waals surface area contributed by atoms with Gasteiger partial charge < -0.3 is 24.4 Å². The normalized spacial score (nSPS) is 18.2. The van der Waals surface area contributed by atoms with Gasteiger partial charge in [-0.3, -0.25) is 14.5 Å². The number of amides is 3. The Morgan fingerprint density at radius 3 is 2.36 bits per heavy atom. The molecule has 1 aromatic rings. The summed E-state index contributed by atoms with van der Waals surface area (Å²) in [6, 6.07) is 3.96. The van der Waals surface area contributed by atoms with Gasteiger partial charge in [-0.2, -0.15) is 0 Å². The van der Waals surface area contributed by atoms with E-state index in [2.05, 4.69) is 21.4 Å². The molecule has 182 valence electrons. The maximum absolute atomic E-state index is 13.2. The summed E-state index contributed by atoms with van der Waals surface area (Å²) in [7, 11) is 0. The molecule has 0 spiro atoms. The van der Waals surface area contributed by atoms with E-state index in [1.54, 1.807) is 11.0 Å². The molecule has 2 aliphatic rings. The molecule has 0 atom stereocenters. The number of ether oxygens (including phenoxy) is 1. The fourth-order valence-electron chi connectivity index (χ4n) is 4.26. The molecule has 3 heterocycles. The van der Waals surface area contributed by atoms with Crippen LogP contribution in [0.5, 0.6) is 0 Å². The molecule has 2 fully saturated rings. The zero-order chi connectivity index (χ0) is 24.0. The third kappa shape index (κ3) is 6.83. The van der Waals surface area contributed by atoms with Crippen molar-refractivity contribution < 1.29 is 19.1 Å². The van der Waals surface area contributed by atoms with E-state index in [4.69, 9.17) is 4.74 Å². The number of aromatic nitrogens is 1. The topological polar surface area (TPSA) is 87.1 Å². The molecule has 0 aliphatic carbocycles. The Balaban J connectivity index is 1.52. The van der Waals surface area contributed by atoms with Gasteiger partial charge in [0.1, 0.15) is 11.3 Å². The molecule has 1 aromatic heterocycles. The fraction of sp³-hybridized carbons (Fsp3) is 0.625. The lowest BCUT2D eigenvalue weighted by molar-refractivity contribution is -0.122. The number of hydrogen-bond donors (Lipinski definition) is 1. The Hall–Kier alpha value is -2.81. The van der Waals surface area contributed by atoms with Gasteiger partial charge in [0, 0.05) is 58.1 Å². The molecule has 33 heavy (non-hydrogen) atoms. The third-order valence-corrected chi connectivity index (χ3v) is 5.98. The summed E-state index contributed by atoms with van der Waals surface area (Å²) < 4.78 is 7.54. The highest BCUT2D eigenvalue weighted by atomic mass is 16.6. The first-order valence-electron chi connectivity index (χ1n) is 11.7. The van der Waals surface area contributed by atoms with Crippen molar-refractivity contribution in [1.82, 2.24) is 24.6 Å². The molecule has 0 bridgehead atoms. The van der Waals surface area contributed by atoms with E-state index in [0.717, 1.165) is 12.8 Å². The van der Waals surface area contributed by atoms with Crippen LogP contribution in [-0.4, -0.2) is 95.1 Å². The lowest BCUT2D eigenvalue weighted by atomic mass is 10.0. The summed E-state index contributed by atoms with van der Waals surface area (Å²) in [5, 5.41) is 2.79. The summed E-state index contributed by atoms with van der Waals surface area (Å²) in [5.74, 6) is -0.00777. The van der Waals surface area contributed by atoms with E-state index >= 15 is 0 Å². The largest absolute Gasteiger partial charge is 0.444 e. The van der Waals surface area contributed by atoms with Crippen LogP contribution < -0.4 is 5.32 Å². The quantitative estimate of drug-likeness (QED) is 0.659. The number of likely N-dealkylation sites (tertiary alicyclic amines) is 1. The second-order valence-corrected chi connectivity index (χ2v) is 9.66. The van der Waals surface area contributed by atoms with Gasteiger partial charge in [-0.1, -0.05) is 6.08 Å². The highest BCUT2D eigenvalue weighted by Crippen LogP contribution is 2.26. The van der Waals surface area contributed by atoms with Crippen LogP contribution in [0.2, 0.25) is 0 Å². The van der Waals surface area contributed by atoms with E-state index in [9.17, 15) is 14.4 Å². The summed E-state index contributed by atoms with van der Waals surface area (Å²) in [5.41, 5.74) is 0.177. The number of rotatable bonds is 6. The smallest absolute Gasteiger partial charge is 0.410 e. The second-order valence-electron chi connectivity index (χ2n) is 9.66. The van der Waals surface area contributed by atoms with Crippen molar-refractivity contribution in [3.8, 4) is 0 Å². The van der Waals surface area contributed by atoms with Crippen LogP contribution in [-0.2, 0) is 9.53 Å². The zero-order valence-electron chi connectivity index (χ0n) is 20.1. The minimum Gasteiger partial charge on any atom is -0.444 e. The molecule has 0 aromatic carbocycles. The minimum absolute atomic E-state index is 0.0188. The molecular weight excluding hydrogens is 422 g/mol. The van der Waals surface area contributed by atoms with Gasteiger partial charge in [0.15, 0.2) is 0 Å². The number of piperidine rings is 1. The predicted molar refractivity (Wildman–Crippen MR) is 126 cm³/mol. The van der Waals surface area contributed by atoms with Crippen LogP contribution in [0.15, 0.2) is 31.0 Å². The first-order valence-corrected chi connectivity index (χ1v) is 11.7. The van der Waals surface area contributed by atoms with Crippen molar-refractivity contribution in [2.45, 2.75) is 45.3 Å². The van der Waals surface area contributed by atoms with Crippen LogP contribution in [0.3, 0.4) is 0 Å². The summed E-state index contributed by atoms with van der Waals surface area (Å²) in [6.07, 6.45) is 4.90. The average Bonchev–Trinajstić information content (AvgIpc) is 3.26. The Morgan fingerprint density at radius 1 is 1.09 bits per heavy atom. The summed E-state index contributed by atoms with van der Waals surface area (Å²) in [6.45, 7) is 13.7. The van der Waals surface area contributed by atoms with Crippen molar-refractivity contribution in [3.63, 3.8) is 0 Å². The molecule has 2 saturated heterocycles. The number of nitrogens with one attached hydrogen (secondary N) is 1. The third-order valence-electron chi connectivity index (χ3n) is 5.98. The van der Waals surface area contributed by atoms with Crippen LogP contribution in [0.4, 0.5) is 4.79 Å². The number of carbonyl (C=O) groups excluding carboxylic acids is 3. The Labute approximate surface area is 196 Å². The minimum atomic E-state index is -0.507. The first-order chi connectivity index (χ1) is 15.7. The molecule has 3 rings (SSSR count). The lowest BCUT2D eigenvalue weighted by Crippen LogP contribution is -2.51. The van der Waals surface area contributed by atoms with Crippen molar-refractivity contribution in [2.75, 3.05) is 52.4 Å². The van der Waals surface area contributed by atoms with E-state index < -0.39 is 5.60 Å². The highest BCUT2D eigenvalue weighted by molar-refractivity contribution is 5.93. The SMILES string of the molecule is C=CCNC(=O)CN1CCN(C(=O)c2cccn2C2CCN(C(=O)OC(C)(C)C)CC2)CC1. The molecule has 9 nitrogen and oxygen atoms in total. The van der Waals surface area contributed by atoms with Crippen molar-refractivity contribution >= 4 is 17.9 Å². The molecule has 2 aliphatic heterocycles. The number of nitrogens with zero attached hydrogens (tertiary/aromatic N) is 4. The predicted octanol–water partition coefficient (Wildman–Crippen LogP) is 2.12. The standard InChI is InChI=1S/C24H37N5O4/c1-5-10-25-21(30)18-26-14-16-27(17-15-26)22(31)20-7-6-11-29(20)19-8-12-28(13-9-19)23(32)33-24(2,3)4/h5-7,11,19H,1,8-10,12-18H2,2-4H3,(H,25,30). The van der Waals surface area contributed by atoms with Gasteiger partial charge >= 0.3 is 6.09 Å². The lowest BCUT2D eigenvalue weighted by Gasteiger charge is -2.36. The van der Waals surface area contributed by atoms with Gasteiger partial charge in [-0.25, -0.2) is 4.79 Å². The van der Waals surface area contributed by atoms with Gasteiger partial charge in [0.25, 0.3) is 5.91 Å². The fourth-order valence-corrected chi connectivity index (χ4v) is 4.26. The average molecular weight is 460 g/mol. The monoisotopic (exact) mass is 459 g/mol. The number of carbonyl (C=O) groups is 3. The Bertz CT molecular complexity index is 843. The van der Waals surface area contributed by atoms with Gasteiger partial charge in [0.05, 0.1) is 6.54 Å². The highest BCUT2D eigenvalue weighted by Gasteiger charge is 2.30. The van der Waals surface area contributed by atoms with Crippen LogP contribution in [0.1, 0.15) is 50.1 Å². The van der Waals surface area contributed by atoms with Crippen molar-refractivity contribution in [1.29, 1.82) is 0 Å². The van der Waals surface area contributed by atoms with E-state index in [1.165, 1.54) is 0 Å². The van der Waals surface area contributed by atoms with E-state index in [-0.39, 0.29) is 23.9 Å². The molecule has 1 N–H and O–H groups in total. The van der Waals surface area contributed by atoms with Crippen molar-refractivity contribution in [2.24, 2.45) is 0 Å². The van der Waals surface area contributed by atoms with Gasteiger partial charge in [-0.05, 0) is 45.7 Å². The molecule has 0 saturated carbocycles. The first kappa shape index (κ1) is 24.8. The zero-order valence-corrected chi connectivity index (χ0v) is 20.1.